The molecule has 0 spiro atoms. The minimum atomic E-state index is 0.808. The van der Waals surface area contributed by atoms with E-state index in [-0.39, 0.29) is 0 Å². The molecule has 0 fully saturated rings. The first-order valence-electron chi connectivity index (χ1n) is 4.80. The molecule has 12 heavy (non-hydrogen) atoms. The van der Waals surface area contributed by atoms with Crippen molar-refractivity contribution >= 4 is 23.4 Å². The van der Waals surface area contributed by atoms with E-state index in [0.717, 1.165) is 17.7 Å². The molecular weight excluding hydrogens is 188 g/mol. The van der Waals surface area contributed by atoms with Crippen LogP contribution in [0.15, 0.2) is 0 Å². The zero-order chi connectivity index (χ0) is 9.40. The first kappa shape index (κ1) is 12.6. The molecule has 0 saturated carbocycles. The summed E-state index contributed by atoms with van der Waals surface area (Å²) >= 11 is 7.73. The number of hydrogen-bond donors (Lipinski definition) is 0. The van der Waals surface area contributed by atoms with Crippen LogP contribution in [0.2, 0.25) is 0 Å². The topological polar surface area (TPSA) is 0 Å². The molecular formula is C10H21ClS. The fraction of sp³-hybridized carbons (Fsp3) is 1.00. The van der Waals surface area contributed by atoms with Gasteiger partial charge in [-0.05, 0) is 36.2 Å². The van der Waals surface area contributed by atoms with E-state index in [0.29, 0.717) is 0 Å². The lowest BCUT2D eigenvalue weighted by Crippen LogP contribution is -1.99. The van der Waals surface area contributed by atoms with Crippen LogP contribution in [0.3, 0.4) is 0 Å². The first-order chi connectivity index (χ1) is 5.66. The van der Waals surface area contributed by atoms with Crippen molar-refractivity contribution < 1.29 is 0 Å². The average molecular weight is 209 g/mol. The van der Waals surface area contributed by atoms with Gasteiger partial charge in [0.15, 0.2) is 0 Å². The molecule has 0 bridgehead atoms. The third-order valence-electron chi connectivity index (χ3n) is 1.81. The van der Waals surface area contributed by atoms with Crippen LogP contribution in [0.4, 0.5) is 0 Å². The largest absolute Gasteiger partial charge is 0.162 e. The summed E-state index contributed by atoms with van der Waals surface area (Å²) in [7, 11) is 0. The van der Waals surface area contributed by atoms with E-state index in [2.05, 4.69) is 32.5 Å². The van der Waals surface area contributed by atoms with E-state index in [1.165, 1.54) is 24.3 Å². The summed E-state index contributed by atoms with van der Waals surface area (Å²) in [6.07, 6.45) is 2.49. The molecule has 1 unspecified atom stereocenters. The Kier molecular flexibility index (Phi) is 8.69. The van der Waals surface area contributed by atoms with E-state index in [1.807, 2.05) is 0 Å². The molecule has 0 aromatic carbocycles. The predicted octanol–water partition coefficient (Wildman–Crippen LogP) is 4.03. The molecule has 0 saturated heterocycles. The van der Waals surface area contributed by atoms with Gasteiger partial charge in [0.25, 0.3) is 0 Å². The molecule has 0 aliphatic heterocycles. The molecule has 0 aliphatic carbocycles. The maximum atomic E-state index is 5.65. The molecule has 1 atom stereocenters. The van der Waals surface area contributed by atoms with Gasteiger partial charge in [-0.2, -0.15) is 11.8 Å². The van der Waals surface area contributed by atoms with Gasteiger partial charge in [-0.25, -0.2) is 0 Å². The minimum absolute atomic E-state index is 0.808. The summed E-state index contributed by atoms with van der Waals surface area (Å²) in [5.74, 6) is 5.06. The van der Waals surface area contributed by atoms with Crippen LogP contribution in [0.5, 0.6) is 0 Å². The second kappa shape index (κ2) is 8.25. The van der Waals surface area contributed by atoms with Crippen molar-refractivity contribution in [1.29, 1.82) is 0 Å². The van der Waals surface area contributed by atoms with Crippen LogP contribution in [0.25, 0.3) is 0 Å². The molecule has 0 radical (unpaired) electrons. The Balaban J connectivity index is 3.08. The van der Waals surface area contributed by atoms with Crippen LogP contribution < -0.4 is 0 Å². The maximum Gasteiger partial charge on any atom is 0.0225 e. The van der Waals surface area contributed by atoms with Crippen molar-refractivity contribution in [2.45, 2.75) is 33.6 Å². The number of thioether (sulfide) groups is 1. The van der Waals surface area contributed by atoms with Gasteiger partial charge in [0.2, 0.25) is 0 Å². The van der Waals surface area contributed by atoms with Crippen molar-refractivity contribution in [2.24, 2.45) is 11.8 Å². The van der Waals surface area contributed by atoms with Crippen LogP contribution in [-0.2, 0) is 0 Å². The molecule has 0 rings (SSSR count). The fourth-order valence-electron chi connectivity index (χ4n) is 0.934. The predicted molar refractivity (Wildman–Crippen MR) is 61.3 cm³/mol. The van der Waals surface area contributed by atoms with Gasteiger partial charge in [-0.15, -0.1) is 11.6 Å². The Bertz CT molecular complexity index is 93.8. The maximum absolute atomic E-state index is 5.65. The Morgan fingerprint density at radius 1 is 1.17 bits per heavy atom. The highest BCUT2D eigenvalue weighted by Crippen LogP contribution is 2.15. The van der Waals surface area contributed by atoms with Crippen LogP contribution >= 0.6 is 23.4 Å². The Morgan fingerprint density at radius 2 is 1.83 bits per heavy atom. The highest BCUT2D eigenvalue weighted by atomic mass is 35.5. The SMILES string of the molecule is CC(C)CSCCC(C)CCCl. The number of halogens is 1. The summed E-state index contributed by atoms with van der Waals surface area (Å²) in [4.78, 5) is 0. The third-order valence-corrected chi connectivity index (χ3v) is 3.45. The summed E-state index contributed by atoms with van der Waals surface area (Å²) in [5, 5.41) is 0. The summed E-state index contributed by atoms with van der Waals surface area (Å²) in [6, 6.07) is 0. The Labute approximate surface area is 86.5 Å². The van der Waals surface area contributed by atoms with Crippen LogP contribution in [-0.4, -0.2) is 17.4 Å². The molecule has 0 nitrogen and oxygen atoms in total. The summed E-state index contributed by atoms with van der Waals surface area (Å²) < 4.78 is 0. The molecule has 0 heterocycles. The van der Waals surface area contributed by atoms with Crippen LogP contribution in [0.1, 0.15) is 33.6 Å². The van der Waals surface area contributed by atoms with Gasteiger partial charge in [0.05, 0.1) is 0 Å². The molecule has 74 valence electrons. The zero-order valence-electron chi connectivity index (χ0n) is 8.48. The van der Waals surface area contributed by atoms with Crippen LogP contribution in [0, 0.1) is 11.8 Å². The molecule has 0 N–H and O–H groups in total. The number of hydrogen-bond acceptors (Lipinski definition) is 1. The van der Waals surface area contributed by atoms with E-state index < -0.39 is 0 Å². The summed E-state index contributed by atoms with van der Waals surface area (Å²) in [5.41, 5.74) is 0. The molecule has 0 aliphatic rings. The Hall–Kier alpha value is 0.640. The Morgan fingerprint density at radius 3 is 2.33 bits per heavy atom. The number of rotatable bonds is 7. The normalized spacial score (nSPS) is 13.8. The van der Waals surface area contributed by atoms with Gasteiger partial charge in [-0.3, -0.25) is 0 Å². The molecule has 0 aromatic heterocycles. The smallest absolute Gasteiger partial charge is 0.0225 e. The van der Waals surface area contributed by atoms with E-state index in [1.54, 1.807) is 0 Å². The van der Waals surface area contributed by atoms with Crippen molar-refractivity contribution in [3.05, 3.63) is 0 Å². The monoisotopic (exact) mass is 208 g/mol. The number of alkyl halides is 1. The molecule has 0 amide bonds. The van der Waals surface area contributed by atoms with Crippen molar-refractivity contribution in [3.63, 3.8) is 0 Å². The van der Waals surface area contributed by atoms with E-state index in [4.69, 9.17) is 11.6 Å². The fourth-order valence-corrected chi connectivity index (χ4v) is 2.51. The van der Waals surface area contributed by atoms with Gasteiger partial charge in [-0.1, -0.05) is 20.8 Å². The second-order valence-corrected chi connectivity index (χ2v) is 5.37. The lowest BCUT2D eigenvalue weighted by molar-refractivity contribution is 0.551. The van der Waals surface area contributed by atoms with Gasteiger partial charge < -0.3 is 0 Å². The summed E-state index contributed by atoms with van der Waals surface area (Å²) in [6.45, 7) is 6.84. The average Bonchev–Trinajstić information content (AvgIpc) is 1.98. The molecule has 2 heteroatoms. The first-order valence-corrected chi connectivity index (χ1v) is 6.49. The van der Waals surface area contributed by atoms with E-state index in [9.17, 15) is 0 Å². The minimum Gasteiger partial charge on any atom is -0.162 e. The van der Waals surface area contributed by atoms with Gasteiger partial charge in [0, 0.05) is 5.88 Å². The highest BCUT2D eigenvalue weighted by Gasteiger charge is 2.01. The van der Waals surface area contributed by atoms with E-state index >= 15 is 0 Å². The second-order valence-electron chi connectivity index (χ2n) is 3.84. The highest BCUT2D eigenvalue weighted by molar-refractivity contribution is 7.99. The standard InChI is InChI=1S/C10H21ClS/c1-9(2)8-12-7-5-10(3)4-6-11/h9-10H,4-8H2,1-3H3. The van der Waals surface area contributed by atoms with Crippen molar-refractivity contribution in [2.75, 3.05) is 17.4 Å². The third kappa shape index (κ3) is 8.73. The molecule has 0 aromatic rings. The van der Waals surface area contributed by atoms with Crippen molar-refractivity contribution in [3.8, 4) is 0 Å². The lowest BCUT2D eigenvalue weighted by Gasteiger charge is -2.09. The zero-order valence-corrected chi connectivity index (χ0v) is 10.0. The van der Waals surface area contributed by atoms with Crippen molar-refractivity contribution in [1.82, 2.24) is 0 Å². The lowest BCUT2D eigenvalue weighted by atomic mass is 10.1. The van der Waals surface area contributed by atoms with Gasteiger partial charge >= 0.3 is 0 Å². The quantitative estimate of drug-likeness (QED) is 0.450. The van der Waals surface area contributed by atoms with Gasteiger partial charge in [0.1, 0.15) is 0 Å².